The van der Waals surface area contributed by atoms with Gasteiger partial charge in [0.2, 0.25) is 0 Å². The highest BCUT2D eigenvalue weighted by Gasteiger charge is 2.14. The summed E-state index contributed by atoms with van der Waals surface area (Å²) in [7, 11) is 0. The van der Waals surface area contributed by atoms with Gasteiger partial charge in [-0.15, -0.1) is 11.3 Å². The van der Waals surface area contributed by atoms with E-state index in [0.29, 0.717) is 11.5 Å². The molecule has 1 aromatic rings. The van der Waals surface area contributed by atoms with Gasteiger partial charge < -0.3 is 5.32 Å². The van der Waals surface area contributed by atoms with E-state index < -0.39 is 0 Å². The molecule has 1 aromatic heterocycles. The summed E-state index contributed by atoms with van der Waals surface area (Å²) < 4.78 is 0. The van der Waals surface area contributed by atoms with Crippen molar-refractivity contribution in [3.05, 3.63) is 15.6 Å². The van der Waals surface area contributed by atoms with E-state index in [9.17, 15) is 0 Å². The van der Waals surface area contributed by atoms with Crippen molar-refractivity contribution in [1.82, 2.24) is 10.3 Å². The molecule has 2 nitrogen and oxygen atoms in total. The highest BCUT2D eigenvalue weighted by Crippen LogP contribution is 2.23. The van der Waals surface area contributed by atoms with E-state index in [1.54, 1.807) is 11.3 Å². The van der Waals surface area contributed by atoms with Gasteiger partial charge in [-0.3, -0.25) is 0 Å². The van der Waals surface area contributed by atoms with Gasteiger partial charge in [-0.25, -0.2) is 4.98 Å². The lowest BCUT2D eigenvalue weighted by Gasteiger charge is -2.20. The molecule has 0 bridgehead atoms. The molecule has 0 aliphatic rings. The average molecular weight is 240 g/mol. The zero-order chi connectivity index (χ0) is 12.3. The maximum atomic E-state index is 4.58. The topological polar surface area (TPSA) is 24.9 Å². The van der Waals surface area contributed by atoms with E-state index >= 15 is 0 Å². The predicted octanol–water partition coefficient (Wildman–Crippen LogP) is 3.85. The third kappa shape index (κ3) is 4.22. The number of rotatable bonds is 4. The SMILES string of the molecule is Cc1nc(C(C)NCCC(C)(C)C)c(C)s1. The fraction of sp³-hybridized carbons (Fsp3) is 0.769. The van der Waals surface area contributed by atoms with Gasteiger partial charge in [0.15, 0.2) is 0 Å². The molecular formula is C13H24N2S. The molecule has 3 heteroatoms. The molecule has 0 aromatic carbocycles. The molecule has 92 valence electrons. The summed E-state index contributed by atoms with van der Waals surface area (Å²) in [5.41, 5.74) is 1.62. The number of hydrogen-bond donors (Lipinski definition) is 1. The number of nitrogens with zero attached hydrogens (tertiary/aromatic N) is 1. The minimum atomic E-state index is 0.368. The summed E-state index contributed by atoms with van der Waals surface area (Å²) in [6.45, 7) is 14.3. The van der Waals surface area contributed by atoms with Crippen LogP contribution in [0.4, 0.5) is 0 Å². The van der Waals surface area contributed by atoms with Gasteiger partial charge in [-0.1, -0.05) is 20.8 Å². The predicted molar refractivity (Wildman–Crippen MR) is 72.1 cm³/mol. The molecular weight excluding hydrogens is 216 g/mol. The molecule has 1 heterocycles. The van der Waals surface area contributed by atoms with Crippen molar-refractivity contribution in [2.24, 2.45) is 5.41 Å². The van der Waals surface area contributed by atoms with Crippen molar-refractivity contribution in [2.75, 3.05) is 6.54 Å². The monoisotopic (exact) mass is 240 g/mol. The van der Waals surface area contributed by atoms with E-state index in [-0.39, 0.29) is 0 Å². The van der Waals surface area contributed by atoms with Crippen LogP contribution in [0.15, 0.2) is 0 Å². The van der Waals surface area contributed by atoms with Gasteiger partial charge in [0.25, 0.3) is 0 Å². The molecule has 0 saturated carbocycles. The van der Waals surface area contributed by atoms with Crippen LogP contribution >= 0.6 is 11.3 Å². The Morgan fingerprint density at radius 1 is 1.31 bits per heavy atom. The van der Waals surface area contributed by atoms with Gasteiger partial charge >= 0.3 is 0 Å². The molecule has 0 fully saturated rings. The minimum Gasteiger partial charge on any atom is -0.309 e. The lowest BCUT2D eigenvalue weighted by Crippen LogP contribution is -2.24. The summed E-state index contributed by atoms with van der Waals surface area (Å²) >= 11 is 1.79. The number of hydrogen-bond acceptors (Lipinski definition) is 3. The zero-order valence-electron chi connectivity index (χ0n) is 11.3. The van der Waals surface area contributed by atoms with Crippen molar-refractivity contribution in [3.63, 3.8) is 0 Å². The van der Waals surface area contributed by atoms with Crippen LogP contribution in [0.2, 0.25) is 0 Å². The van der Waals surface area contributed by atoms with Crippen molar-refractivity contribution in [1.29, 1.82) is 0 Å². The van der Waals surface area contributed by atoms with Crippen LogP contribution in [0, 0.1) is 19.3 Å². The third-order valence-electron chi connectivity index (χ3n) is 2.68. The first-order valence-electron chi connectivity index (χ1n) is 5.97. The van der Waals surface area contributed by atoms with Crippen LogP contribution in [-0.4, -0.2) is 11.5 Å². The van der Waals surface area contributed by atoms with Gasteiger partial charge in [0.1, 0.15) is 0 Å². The first-order chi connectivity index (χ1) is 7.29. The molecule has 0 aliphatic carbocycles. The van der Waals surface area contributed by atoms with E-state index in [0.717, 1.165) is 11.6 Å². The molecule has 1 rings (SSSR count). The Hall–Kier alpha value is -0.410. The lowest BCUT2D eigenvalue weighted by atomic mass is 9.92. The van der Waals surface area contributed by atoms with E-state index in [1.165, 1.54) is 17.0 Å². The van der Waals surface area contributed by atoms with Crippen molar-refractivity contribution in [2.45, 2.75) is 54.0 Å². The molecule has 0 spiro atoms. The fourth-order valence-electron chi connectivity index (χ4n) is 1.71. The molecule has 0 saturated heterocycles. The largest absolute Gasteiger partial charge is 0.309 e. The van der Waals surface area contributed by atoms with Gasteiger partial charge in [-0.2, -0.15) is 0 Å². The van der Waals surface area contributed by atoms with Crippen LogP contribution in [0.1, 0.15) is 55.7 Å². The Morgan fingerprint density at radius 2 is 1.94 bits per heavy atom. The maximum Gasteiger partial charge on any atom is 0.0900 e. The highest BCUT2D eigenvalue weighted by molar-refractivity contribution is 7.11. The smallest absolute Gasteiger partial charge is 0.0900 e. The molecule has 1 unspecified atom stereocenters. The molecule has 1 N–H and O–H groups in total. The van der Waals surface area contributed by atoms with Crippen LogP contribution in [0.3, 0.4) is 0 Å². The zero-order valence-corrected chi connectivity index (χ0v) is 12.2. The Labute approximate surface area is 103 Å². The first-order valence-corrected chi connectivity index (χ1v) is 6.78. The second-order valence-electron chi connectivity index (χ2n) is 5.66. The van der Waals surface area contributed by atoms with Crippen molar-refractivity contribution < 1.29 is 0 Å². The van der Waals surface area contributed by atoms with Crippen molar-refractivity contribution >= 4 is 11.3 Å². The standard InChI is InChI=1S/C13H24N2S/c1-9(14-8-7-13(4,5)6)12-10(2)16-11(3)15-12/h9,14H,7-8H2,1-6H3. The second kappa shape index (κ2) is 5.28. The molecule has 0 aliphatic heterocycles. The van der Waals surface area contributed by atoms with E-state index in [1.807, 2.05) is 0 Å². The summed E-state index contributed by atoms with van der Waals surface area (Å²) in [5, 5.41) is 4.72. The Morgan fingerprint density at radius 3 is 2.38 bits per heavy atom. The summed E-state index contributed by atoms with van der Waals surface area (Å²) in [6.07, 6.45) is 1.19. The number of aromatic nitrogens is 1. The van der Waals surface area contributed by atoms with E-state index in [2.05, 4.69) is 51.8 Å². The quantitative estimate of drug-likeness (QED) is 0.864. The minimum absolute atomic E-state index is 0.368. The van der Waals surface area contributed by atoms with Crippen LogP contribution in [-0.2, 0) is 0 Å². The van der Waals surface area contributed by atoms with Gasteiger partial charge in [0.05, 0.1) is 10.7 Å². The number of aryl methyl sites for hydroxylation is 2. The number of nitrogens with one attached hydrogen (secondary N) is 1. The normalized spacial score (nSPS) is 14.1. The summed E-state index contributed by atoms with van der Waals surface area (Å²) in [4.78, 5) is 5.92. The molecule has 1 atom stereocenters. The summed E-state index contributed by atoms with van der Waals surface area (Å²) in [6, 6.07) is 0.368. The summed E-state index contributed by atoms with van der Waals surface area (Å²) in [5.74, 6) is 0. The van der Waals surface area contributed by atoms with Crippen LogP contribution in [0.5, 0.6) is 0 Å². The van der Waals surface area contributed by atoms with E-state index in [4.69, 9.17) is 0 Å². The fourth-order valence-corrected chi connectivity index (χ4v) is 2.62. The average Bonchev–Trinajstić information content (AvgIpc) is 2.43. The lowest BCUT2D eigenvalue weighted by molar-refractivity contribution is 0.357. The Bertz CT molecular complexity index is 336. The third-order valence-corrected chi connectivity index (χ3v) is 3.58. The van der Waals surface area contributed by atoms with Crippen LogP contribution < -0.4 is 5.32 Å². The molecule has 0 radical (unpaired) electrons. The van der Waals surface area contributed by atoms with Crippen LogP contribution in [0.25, 0.3) is 0 Å². The Kier molecular flexibility index (Phi) is 4.51. The highest BCUT2D eigenvalue weighted by atomic mass is 32.1. The number of thiazole rings is 1. The second-order valence-corrected chi connectivity index (χ2v) is 7.07. The van der Waals surface area contributed by atoms with Gasteiger partial charge in [-0.05, 0) is 39.2 Å². The Balaban J connectivity index is 2.47. The molecule has 16 heavy (non-hydrogen) atoms. The first kappa shape index (κ1) is 13.7. The van der Waals surface area contributed by atoms with Gasteiger partial charge in [0, 0.05) is 10.9 Å². The maximum absolute atomic E-state index is 4.58. The van der Waals surface area contributed by atoms with Crippen molar-refractivity contribution in [3.8, 4) is 0 Å². The molecule has 0 amide bonds.